The first-order valence-corrected chi connectivity index (χ1v) is 7.31. The zero-order chi connectivity index (χ0) is 17.5. The van der Waals surface area contributed by atoms with Gasteiger partial charge in [-0.05, 0) is 36.1 Å². The van der Waals surface area contributed by atoms with Gasteiger partial charge in [0.05, 0.1) is 6.21 Å². The van der Waals surface area contributed by atoms with Gasteiger partial charge in [0.1, 0.15) is 0 Å². The third-order valence-electron chi connectivity index (χ3n) is 3.44. The highest BCUT2D eigenvalue weighted by Gasteiger charge is 2.10. The maximum Gasteiger partial charge on any atom is 0.341 e. The maximum absolute atomic E-state index is 12.2. The van der Waals surface area contributed by atoms with Gasteiger partial charge in [0.25, 0.3) is 0 Å². The number of hydrazone groups is 1. The predicted molar refractivity (Wildman–Crippen MR) is 95.5 cm³/mol. The number of urea groups is 1. The molecule has 7 nitrogen and oxygen atoms in total. The van der Waals surface area contributed by atoms with Crippen molar-refractivity contribution in [3.63, 3.8) is 0 Å². The van der Waals surface area contributed by atoms with Gasteiger partial charge in [0.2, 0.25) is 0 Å². The third-order valence-corrected chi connectivity index (χ3v) is 3.44. The van der Waals surface area contributed by atoms with Crippen LogP contribution >= 0.6 is 0 Å². The van der Waals surface area contributed by atoms with Gasteiger partial charge in [0.15, 0.2) is 0 Å². The fraction of sp³-hybridized carbons (Fsp3) is 0.176. The number of nitrogens with one attached hydrogen (secondary N) is 1. The predicted octanol–water partition coefficient (Wildman–Crippen LogP) is 4.74. The lowest BCUT2D eigenvalue weighted by Gasteiger charge is -2.15. The first-order chi connectivity index (χ1) is 11.5. The molecule has 0 radical (unpaired) electrons. The summed E-state index contributed by atoms with van der Waals surface area (Å²) in [5, 5.41) is 11.7. The highest BCUT2D eigenvalue weighted by atomic mass is 16.2. The van der Waals surface area contributed by atoms with Crippen molar-refractivity contribution in [2.24, 2.45) is 10.2 Å². The molecule has 7 heteroatoms. The van der Waals surface area contributed by atoms with Crippen molar-refractivity contribution in [3.05, 3.63) is 69.6 Å². The van der Waals surface area contributed by atoms with E-state index in [1.54, 1.807) is 37.5 Å². The second-order valence-corrected chi connectivity index (χ2v) is 5.25. The van der Waals surface area contributed by atoms with Gasteiger partial charge in [-0.25, -0.2) is 9.80 Å². The number of para-hydroxylation sites is 1. The zero-order valence-corrected chi connectivity index (χ0v) is 13.8. The number of benzene rings is 2. The highest BCUT2D eigenvalue weighted by Crippen LogP contribution is 2.19. The molecule has 0 fully saturated rings. The van der Waals surface area contributed by atoms with E-state index in [2.05, 4.69) is 20.4 Å². The molecular weight excluding hydrogens is 304 g/mol. The van der Waals surface area contributed by atoms with Crippen LogP contribution in [0.4, 0.5) is 16.2 Å². The van der Waals surface area contributed by atoms with E-state index in [1.165, 1.54) is 5.01 Å². The van der Waals surface area contributed by atoms with E-state index < -0.39 is 0 Å². The Morgan fingerprint density at radius 3 is 2.38 bits per heavy atom. The number of hydrogen-bond donors (Lipinski definition) is 1. The number of anilines is 1. The summed E-state index contributed by atoms with van der Waals surface area (Å²) < 4.78 is 0. The molecule has 0 aliphatic heterocycles. The Morgan fingerprint density at radius 1 is 1.17 bits per heavy atom. The van der Waals surface area contributed by atoms with Crippen molar-refractivity contribution >= 4 is 23.6 Å². The standard InChI is InChI=1S/C17H18N6O/c1-12-5-4-6-13(2)16(12)20-17(24)23(3)19-11-14-7-9-15(10-8-14)21-22-18/h4-11H,1-3H3,(H,20,24)/b19-11+. The number of amides is 2. The lowest BCUT2D eigenvalue weighted by atomic mass is 10.1. The molecule has 0 aromatic heterocycles. The molecule has 2 rings (SSSR count). The summed E-state index contributed by atoms with van der Waals surface area (Å²) in [4.78, 5) is 14.9. The van der Waals surface area contributed by atoms with E-state index in [0.29, 0.717) is 5.69 Å². The van der Waals surface area contributed by atoms with Gasteiger partial charge in [-0.15, -0.1) is 0 Å². The summed E-state index contributed by atoms with van der Waals surface area (Å²) >= 11 is 0. The van der Waals surface area contributed by atoms with Crippen LogP contribution in [0, 0.1) is 13.8 Å². The van der Waals surface area contributed by atoms with Crippen molar-refractivity contribution in [1.29, 1.82) is 0 Å². The number of aryl methyl sites for hydroxylation is 2. The molecule has 0 saturated heterocycles. The fourth-order valence-corrected chi connectivity index (χ4v) is 2.08. The molecule has 24 heavy (non-hydrogen) atoms. The van der Waals surface area contributed by atoms with Gasteiger partial charge < -0.3 is 5.32 Å². The van der Waals surface area contributed by atoms with Crippen molar-refractivity contribution in [2.75, 3.05) is 12.4 Å². The van der Waals surface area contributed by atoms with Gasteiger partial charge in [-0.3, -0.25) is 0 Å². The summed E-state index contributed by atoms with van der Waals surface area (Å²) in [5.74, 6) is 0. The second kappa shape index (κ2) is 7.80. The Morgan fingerprint density at radius 2 is 1.79 bits per heavy atom. The molecule has 0 heterocycles. The van der Waals surface area contributed by atoms with Crippen molar-refractivity contribution < 1.29 is 4.79 Å². The molecule has 0 bridgehead atoms. The zero-order valence-electron chi connectivity index (χ0n) is 13.8. The van der Waals surface area contributed by atoms with Gasteiger partial charge in [-0.2, -0.15) is 5.10 Å². The molecule has 2 amide bonds. The lowest BCUT2D eigenvalue weighted by molar-refractivity contribution is 0.224. The topological polar surface area (TPSA) is 93.5 Å². The van der Waals surface area contributed by atoms with Crippen LogP contribution in [-0.4, -0.2) is 24.3 Å². The quantitative estimate of drug-likeness (QED) is 0.284. The summed E-state index contributed by atoms with van der Waals surface area (Å²) in [6, 6.07) is 12.4. The summed E-state index contributed by atoms with van der Waals surface area (Å²) in [7, 11) is 1.58. The average molecular weight is 322 g/mol. The number of nitrogens with zero attached hydrogens (tertiary/aromatic N) is 5. The van der Waals surface area contributed by atoms with Crippen LogP contribution in [0.3, 0.4) is 0 Å². The Hall–Kier alpha value is -3.31. The largest absolute Gasteiger partial charge is 0.341 e. The first kappa shape index (κ1) is 17.1. The van der Waals surface area contributed by atoms with E-state index >= 15 is 0 Å². The Kier molecular flexibility index (Phi) is 5.54. The van der Waals surface area contributed by atoms with Crippen LogP contribution in [0.2, 0.25) is 0 Å². The van der Waals surface area contributed by atoms with Crippen molar-refractivity contribution in [2.45, 2.75) is 13.8 Å². The van der Waals surface area contributed by atoms with Crippen LogP contribution < -0.4 is 5.32 Å². The number of carbonyl (C=O) groups excluding carboxylic acids is 1. The monoisotopic (exact) mass is 322 g/mol. The van der Waals surface area contributed by atoms with Crippen LogP contribution in [0.15, 0.2) is 52.7 Å². The minimum atomic E-state index is -0.325. The SMILES string of the molecule is Cc1cccc(C)c1NC(=O)N(C)/N=C/c1ccc(N=[N+]=[N-])cc1. The number of rotatable bonds is 4. The van der Waals surface area contributed by atoms with E-state index in [-0.39, 0.29) is 6.03 Å². The van der Waals surface area contributed by atoms with Gasteiger partial charge in [-0.1, -0.05) is 47.6 Å². The number of azide groups is 1. The van der Waals surface area contributed by atoms with Gasteiger partial charge >= 0.3 is 6.03 Å². The molecule has 0 saturated carbocycles. The van der Waals surface area contributed by atoms with E-state index in [4.69, 9.17) is 5.53 Å². The average Bonchev–Trinajstić information content (AvgIpc) is 2.57. The summed E-state index contributed by atoms with van der Waals surface area (Å²) in [5.41, 5.74) is 12.5. The molecule has 1 N–H and O–H groups in total. The number of carbonyl (C=O) groups is 1. The van der Waals surface area contributed by atoms with E-state index in [9.17, 15) is 4.79 Å². The van der Waals surface area contributed by atoms with E-state index in [1.807, 2.05) is 32.0 Å². The molecule has 0 aliphatic carbocycles. The lowest BCUT2D eigenvalue weighted by Crippen LogP contribution is -2.27. The van der Waals surface area contributed by atoms with Crippen LogP contribution in [0.1, 0.15) is 16.7 Å². The highest BCUT2D eigenvalue weighted by molar-refractivity contribution is 5.91. The Balaban J connectivity index is 2.04. The molecule has 0 spiro atoms. The molecule has 2 aromatic rings. The van der Waals surface area contributed by atoms with Gasteiger partial charge in [0, 0.05) is 23.3 Å². The molecule has 122 valence electrons. The normalized spacial score (nSPS) is 10.3. The Bertz CT molecular complexity index is 786. The van der Waals surface area contributed by atoms with Crippen LogP contribution in [0.25, 0.3) is 10.4 Å². The molecule has 2 aromatic carbocycles. The molecule has 0 atom stereocenters. The second-order valence-electron chi connectivity index (χ2n) is 5.25. The fourth-order valence-electron chi connectivity index (χ4n) is 2.08. The van der Waals surface area contributed by atoms with Crippen molar-refractivity contribution in [1.82, 2.24) is 5.01 Å². The smallest absolute Gasteiger partial charge is 0.306 e. The van der Waals surface area contributed by atoms with E-state index in [0.717, 1.165) is 22.4 Å². The summed E-state index contributed by atoms with van der Waals surface area (Å²) in [6.07, 6.45) is 1.56. The van der Waals surface area contributed by atoms with Crippen molar-refractivity contribution in [3.8, 4) is 0 Å². The van der Waals surface area contributed by atoms with Crippen LogP contribution in [-0.2, 0) is 0 Å². The first-order valence-electron chi connectivity index (χ1n) is 7.31. The maximum atomic E-state index is 12.2. The minimum absolute atomic E-state index is 0.325. The molecule has 0 aliphatic rings. The summed E-state index contributed by atoms with van der Waals surface area (Å²) in [6.45, 7) is 3.88. The minimum Gasteiger partial charge on any atom is -0.306 e. The number of hydrogen-bond acceptors (Lipinski definition) is 3. The molecular formula is C17H18N6O. The molecule has 0 unspecified atom stereocenters. The van der Waals surface area contributed by atoms with Crippen LogP contribution in [0.5, 0.6) is 0 Å². The Labute approximate surface area is 140 Å². The third kappa shape index (κ3) is 4.34.